The minimum Gasteiger partial charge on any atom is -0.445 e. The van der Waals surface area contributed by atoms with Crippen molar-refractivity contribution in [2.45, 2.75) is 16.6 Å². The molecule has 2 rings (SSSR count). The van der Waals surface area contributed by atoms with Crippen LogP contribution >= 0.6 is 70.2 Å². The Morgan fingerprint density at radius 2 is 1.75 bits per heavy atom. The Kier molecular flexibility index (Phi) is 8.74. The first-order chi connectivity index (χ1) is 13.1. The van der Waals surface area contributed by atoms with Gasteiger partial charge in [0.2, 0.25) is 3.79 Å². The first-order valence-electron chi connectivity index (χ1n) is 7.71. The largest absolute Gasteiger partial charge is 0.445 e. The quantitative estimate of drug-likeness (QED) is 0.270. The highest BCUT2D eigenvalue weighted by Crippen LogP contribution is 2.30. The maximum absolute atomic E-state index is 12.1. The molecule has 3 N–H and O–H groups in total. The number of alkyl carbamates (subject to hydrolysis) is 1. The highest BCUT2D eigenvalue weighted by Gasteiger charge is 2.35. The molecular weight excluding hydrogens is 488 g/mol. The number of hydrogen-bond donors (Lipinski definition) is 3. The van der Waals surface area contributed by atoms with Crippen LogP contribution in [0.1, 0.15) is 5.56 Å². The van der Waals surface area contributed by atoms with Crippen LogP contribution in [0.4, 0.5) is 10.5 Å². The summed E-state index contributed by atoms with van der Waals surface area (Å²) in [6.45, 7) is 0.0556. The third kappa shape index (κ3) is 7.70. The number of carbonyl (C=O) groups is 1. The fourth-order valence-electron chi connectivity index (χ4n) is 1.97. The van der Waals surface area contributed by atoms with E-state index < -0.39 is 16.1 Å². The molecule has 0 aromatic heterocycles. The van der Waals surface area contributed by atoms with Crippen LogP contribution in [0.25, 0.3) is 0 Å². The first kappa shape index (κ1) is 23.1. The van der Waals surface area contributed by atoms with E-state index in [0.717, 1.165) is 5.56 Å². The number of ether oxygens (including phenoxy) is 1. The van der Waals surface area contributed by atoms with E-state index in [1.807, 2.05) is 30.3 Å². The Balaban J connectivity index is 1.96. The summed E-state index contributed by atoms with van der Waals surface area (Å²) in [5.41, 5.74) is 1.25. The summed E-state index contributed by atoms with van der Waals surface area (Å²) in [5.74, 6) is 0. The lowest BCUT2D eigenvalue weighted by Gasteiger charge is -2.27. The average molecular weight is 502 g/mol. The zero-order chi connectivity index (χ0) is 20.7. The first-order valence-corrected chi connectivity index (χ1v) is 10.0. The van der Waals surface area contributed by atoms with Crippen molar-refractivity contribution in [3.63, 3.8) is 0 Å². The van der Waals surface area contributed by atoms with E-state index in [2.05, 4.69) is 16.0 Å². The molecule has 2 aromatic carbocycles. The van der Waals surface area contributed by atoms with Gasteiger partial charge in [-0.2, -0.15) is 0 Å². The highest BCUT2D eigenvalue weighted by atomic mass is 35.6. The fourth-order valence-corrected chi connectivity index (χ4v) is 2.86. The lowest BCUT2D eigenvalue weighted by molar-refractivity contribution is 0.135. The smallest absolute Gasteiger partial charge is 0.409 e. The highest BCUT2D eigenvalue weighted by molar-refractivity contribution is 7.80. The van der Waals surface area contributed by atoms with E-state index in [0.29, 0.717) is 15.7 Å². The molecule has 1 atom stereocenters. The molecule has 0 aliphatic rings. The molecule has 5 nitrogen and oxygen atoms in total. The Bertz CT molecular complexity index is 833. The molecule has 0 bridgehead atoms. The molecule has 0 fully saturated rings. The van der Waals surface area contributed by atoms with Crippen molar-refractivity contribution in [3.8, 4) is 0 Å². The van der Waals surface area contributed by atoms with E-state index in [-0.39, 0.29) is 11.7 Å². The number of halogens is 5. The van der Waals surface area contributed by atoms with Crippen molar-refractivity contribution in [3.05, 3.63) is 64.1 Å². The summed E-state index contributed by atoms with van der Waals surface area (Å²) in [4.78, 5) is 12.1. The number of carbonyl (C=O) groups excluding carboxylic acids is 1. The molecule has 0 saturated carbocycles. The number of alkyl halides is 3. The molecule has 11 heteroatoms. The van der Waals surface area contributed by atoms with Gasteiger partial charge in [-0.15, -0.1) is 0 Å². The van der Waals surface area contributed by atoms with Gasteiger partial charge in [0.05, 0.1) is 10.7 Å². The van der Waals surface area contributed by atoms with Gasteiger partial charge in [-0.25, -0.2) is 4.79 Å². The summed E-state index contributed by atoms with van der Waals surface area (Å²) >= 11 is 35.0. The number of nitrogens with one attached hydrogen (secondary N) is 3. The molecule has 0 unspecified atom stereocenters. The minimum absolute atomic E-state index is 0.0452. The van der Waals surface area contributed by atoms with E-state index in [9.17, 15) is 4.79 Å². The Morgan fingerprint density at radius 3 is 2.39 bits per heavy atom. The van der Waals surface area contributed by atoms with Gasteiger partial charge in [-0.1, -0.05) is 88.3 Å². The summed E-state index contributed by atoms with van der Waals surface area (Å²) in [5, 5.41) is 8.81. The maximum Gasteiger partial charge on any atom is 0.409 e. The summed E-state index contributed by atoms with van der Waals surface area (Å²) in [6.07, 6.45) is -1.98. The lowest BCUT2D eigenvalue weighted by Crippen LogP contribution is -2.56. The van der Waals surface area contributed by atoms with Crippen LogP contribution in [0.15, 0.2) is 48.5 Å². The number of benzene rings is 2. The van der Waals surface area contributed by atoms with Gasteiger partial charge in [0.15, 0.2) is 11.3 Å². The van der Waals surface area contributed by atoms with E-state index >= 15 is 0 Å². The standard InChI is InChI=1S/C17H14Cl5N3O2S/c18-11-6-7-12(19)13(8-11)23-15(28)24-14(17(20,21)22)25-16(26)27-9-10-4-2-1-3-5-10/h1-8,14H,9H2,(H,25,26)(H2,23,24,28)/t14-/m0/s1. The van der Waals surface area contributed by atoms with Crippen LogP contribution in [-0.2, 0) is 11.3 Å². The normalized spacial score (nSPS) is 12.0. The summed E-state index contributed by atoms with van der Waals surface area (Å²) in [6, 6.07) is 13.9. The second kappa shape index (κ2) is 10.6. The molecule has 0 radical (unpaired) electrons. The van der Waals surface area contributed by atoms with Gasteiger partial charge in [0.1, 0.15) is 6.61 Å². The van der Waals surface area contributed by atoms with Crippen LogP contribution in [0.3, 0.4) is 0 Å². The molecule has 0 aliphatic heterocycles. The van der Waals surface area contributed by atoms with Crippen molar-refractivity contribution in [1.29, 1.82) is 0 Å². The van der Waals surface area contributed by atoms with E-state index in [4.69, 9.17) is 75.0 Å². The van der Waals surface area contributed by atoms with Crippen molar-refractivity contribution < 1.29 is 9.53 Å². The van der Waals surface area contributed by atoms with Crippen LogP contribution in [0.2, 0.25) is 10.0 Å². The van der Waals surface area contributed by atoms with Crippen molar-refractivity contribution in [2.75, 3.05) is 5.32 Å². The SMILES string of the molecule is O=C(N[C@H](NC(=S)Nc1cc(Cl)ccc1Cl)C(Cl)(Cl)Cl)OCc1ccccc1. The lowest BCUT2D eigenvalue weighted by atomic mass is 10.2. The fraction of sp³-hybridized carbons (Fsp3) is 0.176. The van der Waals surface area contributed by atoms with Gasteiger partial charge in [0, 0.05) is 5.02 Å². The average Bonchev–Trinajstić information content (AvgIpc) is 2.62. The van der Waals surface area contributed by atoms with Crippen LogP contribution in [0, 0.1) is 0 Å². The topological polar surface area (TPSA) is 62.4 Å². The van der Waals surface area contributed by atoms with Gasteiger partial charge < -0.3 is 15.4 Å². The van der Waals surface area contributed by atoms with Crippen LogP contribution in [-0.4, -0.2) is 21.2 Å². The molecule has 150 valence electrons. The molecule has 2 aromatic rings. The molecule has 1 amide bonds. The molecule has 0 heterocycles. The Hall–Kier alpha value is -1.15. The third-order valence-electron chi connectivity index (χ3n) is 3.25. The zero-order valence-electron chi connectivity index (χ0n) is 14.0. The number of anilines is 1. The molecule has 0 aliphatic carbocycles. The van der Waals surface area contributed by atoms with Gasteiger partial charge in [-0.05, 0) is 36.0 Å². The second-order valence-electron chi connectivity index (χ2n) is 5.40. The van der Waals surface area contributed by atoms with Crippen molar-refractivity contribution in [1.82, 2.24) is 10.6 Å². The van der Waals surface area contributed by atoms with Crippen LogP contribution in [0.5, 0.6) is 0 Å². The minimum atomic E-state index is -1.92. The summed E-state index contributed by atoms with van der Waals surface area (Å²) in [7, 11) is 0. The van der Waals surface area contributed by atoms with Gasteiger partial charge >= 0.3 is 6.09 Å². The monoisotopic (exact) mass is 499 g/mol. The number of hydrogen-bond acceptors (Lipinski definition) is 3. The van der Waals surface area contributed by atoms with Crippen molar-refractivity contribution >= 4 is 87.1 Å². The summed E-state index contributed by atoms with van der Waals surface area (Å²) < 4.78 is 3.20. The molecule has 0 saturated heterocycles. The second-order valence-corrected chi connectivity index (χ2v) is 9.02. The van der Waals surface area contributed by atoms with Crippen molar-refractivity contribution in [2.24, 2.45) is 0 Å². The van der Waals surface area contributed by atoms with Gasteiger partial charge in [-0.3, -0.25) is 5.32 Å². The van der Waals surface area contributed by atoms with Crippen LogP contribution < -0.4 is 16.0 Å². The van der Waals surface area contributed by atoms with E-state index in [1.165, 1.54) is 0 Å². The zero-order valence-corrected chi connectivity index (χ0v) is 18.6. The Labute approximate surface area is 192 Å². The van der Waals surface area contributed by atoms with E-state index in [1.54, 1.807) is 18.2 Å². The number of thiocarbonyl (C=S) groups is 1. The number of amides is 1. The number of rotatable bonds is 5. The molecular formula is C17H14Cl5N3O2S. The maximum atomic E-state index is 12.1. The molecule has 28 heavy (non-hydrogen) atoms. The van der Waals surface area contributed by atoms with Gasteiger partial charge in [0.25, 0.3) is 0 Å². The predicted molar refractivity (Wildman–Crippen MR) is 120 cm³/mol. The third-order valence-corrected chi connectivity index (χ3v) is 4.69. The molecule has 0 spiro atoms. The Morgan fingerprint density at radius 1 is 1.07 bits per heavy atom. The predicted octanol–water partition coefficient (Wildman–Crippen LogP) is 5.90.